The Labute approximate surface area is 95.8 Å². The molecule has 0 saturated heterocycles. The van der Waals surface area contributed by atoms with Crippen molar-refractivity contribution in [2.24, 2.45) is 5.73 Å². The molecule has 15 heavy (non-hydrogen) atoms. The van der Waals surface area contributed by atoms with Gasteiger partial charge in [0.15, 0.2) is 4.34 Å². The van der Waals surface area contributed by atoms with Crippen LogP contribution in [0.5, 0.6) is 0 Å². The topological polar surface area (TPSA) is 80.9 Å². The summed E-state index contributed by atoms with van der Waals surface area (Å²) < 4.78 is 0.888. The van der Waals surface area contributed by atoms with E-state index < -0.39 is 0 Å². The second-order valence-electron chi connectivity index (χ2n) is 3.36. The average Bonchev–Trinajstić information content (AvgIpc) is 2.86. The van der Waals surface area contributed by atoms with Crippen molar-refractivity contribution in [1.29, 1.82) is 0 Å². The number of carbonyl (C=O) groups is 1. The van der Waals surface area contributed by atoms with Gasteiger partial charge in [0.1, 0.15) is 0 Å². The SMILES string of the molecule is NC(=O)CCSc1nnc(NC2CC2)s1. The molecular weight excluding hydrogens is 232 g/mol. The molecule has 3 N–H and O–H groups in total. The summed E-state index contributed by atoms with van der Waals surface area (Å²) in [4.78, 5) is 10.5. The van der Waals surface area contributed by atoms with Crippen LogP contribution in [0.4, 0.5) is 5.13 Å². The lowest BCUT2D eigenvalue weighted by Crippen LogP contribution is -2.10. The van der Waals surface area contributed by atoms with Gasteiger partial charge in [-0.15, -0.1) is 10.2 Å². The second kappa shape index (κ2) is 4.80. The van der Waals surface area contributed by atoms with E-state index in [9.17, 15) is 4.79 Å². The predicted molar refractivity (Wildman–Crippen MR) is 61.1 cm³/mol. The van der Waals surface area contributed by atoms with Crippen molar-refractivity contribution in [2.45, 2.75) is 29.6 Å². The largest absolute Gasteiger partial charge is 0.370 e. The fourth-order valence-electron chi connectivity index (χ4n) is 0.968. The summed E-state index contributed by atoms with van der Waals surface area (Å²) in [6.45, 7) is 0. The van der Waals surface area contributed by atoms with Crippen molar-refractivity contribution in [3.8, 4) is 0 Å². The maximum Gasteiger partial charge on any atom is 0.218 e. The van der Waals surface area contributed by atoms with Crippen molar-refractivity contribution < 1.29 is 4.79 Å². The number of rotatable bonds is 6. The fourth-order valence-corrected chi connectivity index (χ4v) is 2.82. The Balaban J connectivity index is 1.75. The fraction of sp³-hybridized carbons (Fsp3) is 0.625. The molecule has 0 unspecified atom stereocenters. The molecule has 0 spiro atoms. The molecule has 1 amide bonds. The van der Waals surface area contributed by atoms with Crippen LogP contribution in [-0.4, -0.2) is 27.9 Å². The lowest BCUT2D eigenvalue weighted by Gasteiger charge is -1.94. The number of hydrogen-bond acceptors (Lipinski definition) is 6. The molecule has 1 aliphatic rings. The van der Waals surface area contributed by atoms with Crippen molar-refractivity contribution in [2.75, 3.05) is 11.1 Å². The Bertz CT molecular complexity index is 350. The van der Waals surface area contributed by atoms with Gasteiger partial charge in [0.2, 0.25) is 11.0 Å². The summed E-state index contributed by atoms with van der Waals surface area (Å²) in [5, 5.41) is 12.2. The van der Waals surface area contributed by atoms with Crippen LogP contribution < -0.4 is 11.1 Å². The number of carbonyl (C=O) groups excluding carboxylic acids is 1. The summed E-state index contributed by atoms with van der Waals surface area (Å²) in [7, 11) is 0. The Kier molecular flexibility index (Phi) is 3.42. The summed E-state index contributed by atoms with van der Waals surface area (Å²) in [5.74, 6) is 0.399. The molecule has 1 fully saturated rings. The van der Waals surface area contributed by atoms with Gasteiger partial charge < -0.3 is 11.1 Å². The monoisotopic (exact) mass is 244 g/mol. The molecule has 1 aromatic rings. The first-order valence-corrected chi connectivity index (χ1v) is 6.55. The highest BCUT2D eigenvalue weighted by molar-refractivity contribution is 8.01. The number of amides is 1. The zero-order valence-corrected chi connectivity index (χ0v) is 9.74. The first kappa shape index (κ1) is 10.7. The average molecular weight is 244 g/mol. The van der Waals surface area contributed by atoms with E-state index in [0.29, 0.717) is 18.2 Å². The first-order chi connectivity index (χ1) is 7.24. The minimum Gasteiger partial charge on any atom is -0.370 e. The molecule has 82 valence electrons. The molecule has 0 bridgehead atoms. The van der Waals surface area contributed by atoms with Crippen molar-refractivity contribution >= 4 is 34.1 Å². The molecular formula is C8H12N4OS2. The van der Waals surface area contributed by atoms with Crippen LogP contribution in [0.25, 0.3) is 0 Å². The van der Waals surface area contributed by atoms with Gasteiger partial charge in [-0.25, -0.2) is 0 Å². The Morgan fingerprint density at radius 1 is 1.60 bits per heavy atom. The van der Waals surface area contributed by atoms with Crippen molar-refractivity contribution in [3.05, 3.63) is 0 Å². The summed E-state index contributed by atoms with van der Waals surface area (Å²) >= 11 is 3.05. The molecule has 1 heterocycles. The van der Waals surface area contributed by atoms with E-state index in [1.807, 2.05) is 0 Å². The number of primary amides is 1. The van der Waals surface area contributed by atoms with Gasteiger partial charge >= 0.3 is 0 Å². The summed E-state index contributed by atoms with van der Waals surface area (Å²) in [6, 6.07) is 0.599. The molecule has 2 rings (SSSR count). The van der Waals surface area contributed by atoms with Crippen molar-refractivity contribution in [1.82, 2.24) is 10.2 Å². The molecule has 0 aliphatic heterocycles. The van der Waals surface area contributed by atoms with Gasteiger partial charge in [0.05, 0.1) is 0 Å². The van der Waals surface area contributed by atoms with Gasteiger partial charge in [-0.3, -0.25) is 4.79 Å². The minimum atomic E-state index is -0.275. The van der Waals surface area contributed by atoms with E-state index in [2.05, 4.69) is 15.5 Å². The minimum absolute atomic E-state index is 0.275. The molecule has 1 saturated carbocycles. The first-order valence-electron chi connectivity index (χ1n) is 4.75. The van der Waals surface area contributed by atoms with Crippen LogP contribution >= 0.6 is 23.1 Å². The highest BCUT2D eigenvalue weighted by Gasteiger charge is 2.22. The maximum atomic E-state index is 10.5. The Morgan fingerprint density at radius 2 is 2.40 bits per heavy atom. The lowest BCUT2D eigenvalue weighted by molar-refractivity contribution is -0.117. The quantitative estimate of drug-likeness (QED) is 0.732. The van der Waals surface area contributed by atoms with Crippen LogP contribution in [0, 0.1) is 0 Å². The van der Waals surface area contributed by atoms with Crippen LogP contribution in [0.15, 0.2) is 4.34 Å². The van der Waals surface area contributed by atoms with Crippen LogP contribution in [0.2, 0.25) is 0 Å². The smallest absolute Gasteiger partial charge is 0.218 e. The highest BCUT2D eigenvalue weighted by Crippen LogP contribution is 2.30. The number of hydrogen-bond donors (Lipinski definition) is 2. The molecule has 0 aromatic carbocycles. The zero-order chi connectivity index (χ0) is 10.7. The number of thioether (sulfide) groups is 1. The highest BCUT2D eigenvalue weighted by atomic mass is 32.2. The van der Waals surface area contributed by atoms with E-state index in [1.54, 1.807) is 0 Å². The predicted octanol–water partition coefficient (Wildman–Crippen LogP) is 1.08. The number of nitrogens with two attached hydrogens (primary N) is 1. The third-order valence-electron chi connectivity index (χ3n) is 1.89. The third-order valence-corrected chi connectivity index (χ3v) is 3.87. The zero-order valence-electron chi connectivity index (χ0n) is 8.10. The van der Waals surface area contributed by atoms with Crippen LogP contribution in [0.1, 0.15) is 19.3 Å². The van der Waals surface area contributed by atoms with E-state index in [0.717, 1.165) is 9.47 Å². The van der Waals surface area contributed by atoms with Crippen LogP contribution in [0.3, 0.4) is 0 Å². The van der Waals surface area contributed by atoms with E-state index in [4.69, 9.17) is 5.73 Å². The van der Waals surface area contributed by atoms with E-state index >= 15 is 0 Å². The molecule has 1 aliphatic carbocycles. The number of nitrogens with one attached hydrogen (secondary N) is 1. The molecule has 7 heteroatoms. The van der Waals surface area contributed by atoms with Gasteiger partial charge in [-0.05, 0) is 12.8 Å². The number of aromatic nitrogens is 2. The number of anilines is 1. The second-order valence-corrected chi connectivity index (χ2v) is 5.68. The van der Waals surface area contributed by atoms with Gasteiger partial charge in [0.25, 0.3) is 0 Å². The summed E-state index contributed by atoms with van der Waals surface area (Å²) in [5.41, 5.74) is 5.04. The van der Waals surface area contributed by atoms with Crippen LogP contribution in [-0.2, 0) is 4.79 Å². The van der Waals surface area contributed by atoms with Gasteiger partial charge in [-0.2, -0.15) is 0 Å². The molecule has 5 nitrogen and oxygen atoms in total. The Hall–Kier alpha value is -0.820. The number of nitrogens with zero attached hydrogens (tertiary/aromatic N) is 2. The standard InChI is InChI=1S/C8H12N4OS2/c9-6(13)3-4-14-8-12-11-7(15-8)10-5-1-2-5/h5H,1-4H2,(H2,9,13)(H,10,11). The maximum absolute atomic E-state index is 10.5. The third kappa shape index (κ3) is 3.67. The van der Waals surface area contributed by atoms with Gasteiger partial charge in [-0.1, -0.05) is 23.1 Å². The lowest BCUT2D eigenvalue weighted by atomic mass is 10.5. The molecule has 0 atom stereocenters. The molecule has 0 radical (unpaired) electrons. The van der Waals surface area contributed by atoms with E-state index in [1.165, 1.54) is 35.9 Å². The Morgan fingerprint density at radius 3 is 3.07 bits per heavy atom. The van der Waals surface area contributed by atoms with Gasteiger partial charge in [0, 0.05) is 18.2 Å². The van der Waals surface area contributed by atoms with Crippen molar-refractivity contribution in [3.63, 3.8) is 0 Å². The normalized spacial score (nSPS) is 15.2. The molecule has 1 aromatic heterocycles. The van der Waals surface area contributed by atoms with E-state index in [-0.39, 0.29) is 5.91 Å². The summed E-state index contributed by atoms with van der Waals surface area (Å²) in [6.07, 6.45) is 2.84.